The molecule has 0 bridgehead atoms. The lowest BCUT2D eigenvalue weighted by Crippen LogP contribution is -2.45. The van der Waals surface area contributed by atoms with E-state index in [0.29, 0.717) is 12.3 Å². The third-order valence-electron chi connectivity index (χ3n) is 2.83. The standard InChI is InChI=1S/C10H19FN2O/c1-8(12)10(14)13-6-3-9(2-5-11)4-7-13/h8-9H,2-7,12H2,1H3/t8-/m0/s1. The molecule has 1 saturated heterocycles. The molecule has 14 heavy (non-hydrogen) atoms. The van der Waals surface area contributed by atoms with Crippen LogP contribution >= 0.6 is 0 Å². The fourth-order valence-corrected chi connectivity index (χ4v) is 1.88. The van der Waals surface area contributed by atoms with Crippen LogP contribution in [0.25, 0.3) is 0 Å². The van der Waals surface area contributed by atoms with E-state index in [2.05, 4.69) is 0 Å². The zero-order valence-corrected chi connectivity index (χ0v) is 8.71. The fraction of sp³-hybridized carbons (Fsp3) is 0.900. The van der Waals surface area contributed by atoms with Gasteiger partial charge in [0.2, 0.25) is 5.91 Å². The van der Waals surface area contributed by atoms with Gasteiger partial charge in [0.05, 0.1) is 12.7 Å². The second kappa shape index (κ2) is 5.29. The molecule has 1 aliphatic rings. The fourth-order valence-electron chi connectivity index (χ4n) is 1.88. The topological polar surface area (TPSA) is 46.3 Å². The number of alkyl halides is 1. The van der Waals surface area contributed by atoms with E-state index in [1.54, 1.807) is 11.8 Å². The van der Waals surface area contributed by atoms with Gasteiger partial charge in [-0.1, -0.05) is 0 Å². The minimum atomic E-state index is -0.410. The van der Waals surface area contributed by atoms with Gasteiger partial charge < -0.3 is 10.6 Å². The number of rotatable bonds is 3. The summed E-state index contributed by atoms with van der Waals surface area (Å²) in [6.07, 6.45) is 2.48. The summed E-state index contributed by atoms with van der Waals surface area (Å²) in [7, 11) is 0. The first-order valence-electron chi connectivity index (χ1n) is 5.25. The van der Waals surface area contributed by atoms with Gasteiger partial charge in [0.1, 0.15) is 0 Å². The molecule has 0 aliphatic carbocycles. The molecule has 0 aromatic rings. The molecule has 1 atom stereocenters. The number of likely N-dealkylation sites (tertiary alicyclic amines) is 1. The van der Waals surface area contributed by atoms with E-state index in [1.165, 1.54) is 0 Å². The molecule has 2 N–H and O–H groups in total. The minimum Gasteiger partial charge on any atom is -0.341 e. The maximum Gasteiger partial charge on any atom is 0.239 e. The largest absolute Gasteiger partial charge is 0.341 e. The highest BCUT2D eigenvalue weighted by Crippen LogP contribution is 2.20. The Hall–Kier alpha value is -0.640. The molecule has 0 aromatic heterocycles. The normalized spacial score (nSPS) is 20.9. The van der Waals surface area contributed by atoms with Crippen LogP contribution in [-0.4, -0.2) is 36.6 Å². The molecule has 0 radical (unpaired) electrons. The predicted octanol–water partition coefficient (Wildman–Crippen LogP) is 0.932. The molecule has 0 saturated carbocycles. The molecular weight excluding hydrogens is 183 g/mol. The van der Waals surface area contributed by atoms with Crippen molar-refractivity contribution in [2.24, 2.45) is 11.7 Å². The van der Waals surface area contributed by atoms with Crippen LogP contribution < -0.4 is 5.73 Å². The number of amides is 1. The second-order valence-corrected chi connectivity index (χ2v) is 4.03. The molecule has 1 rings (SSSR count). The molecule has 1 amide bonds. The first-order chi connectivity index (χ1) is 6.65. The lowest BCUT2D eigenvalue weighted by molar-refractivity contribution is -0.133. The summed E-state index contributed by atoms with van der Waals surface area (Å²) >= 11 is 0. The Morgan fingerprint density at radius 1 is 1.57 bits per heavy atom. The summed E-state index contributed by atoms with van der Waals surface area (Å²) in [4.78, 5) is 13.3. The van der Waals surface area contributed by atoms with Gasteiger partial charge >= 0.3 is 0 Å². The van der Waals surface area contributed by atoms with Crippen LogP contribution in [0.5, 0.6) is 0 Å². The lowest BCUT2D eigenvalue weighted by Gasteiger charge is -2.32. The minimum absolute atomic E-state index is 0.0173. The van der Waals surface area contributed by atoms with Gasteiger partial charge in [-0.05, 0) is 32.1 Å². The van der Waals surface area contributed by atoms with E-state index < -0.39 is 6.04 Å². The van der Waals surface area contributed by atoms with E-state index in [0.717, 1.165) is 25.9 Å². The van der Waals surface area contributed by atoms with Crippen molar-refractivity contribution in [3.63, 3.8) is 0 Å². The summed E-state index contributed by atoms with van der Waals surface area (Å²) in [5.74, 6) is 0.473. The molecule has 1 fully saturated rings. The first kappa shape index (κ1) is 11.4. The van der Waals surface area contributed by atoms with Crippen molar-refractivity contribution in [2.45, 2.75) is 32.2 Å². The number of hydrogen-bond donors (Lipinski definition) is 1. The monoisotopic (exact) mass is 202 g/mol. The second-order valence-electron chi connectivity index (χ2n) is 4.03. The first-order valence-corrected chi connectivity index (χ1v) is 5.25. The molecule has 1 aliphatic heterocycles. The van der Waals surface area contributed by atoms with Crippen LogP contribution in [0, 0.1) is 5.92 Å². The lowest BCUT2D eigenvalue weighted by atomic mass is 9.94. The predicted molar refractivity (Wildman–Crippen MR) is 53.5 cm³/mol. The number of nitrogens with two attached hydrogens (primary N) is 1. The van der Waals surface area contributed by atoms with Gasteiger partial charge in [0.15, 0.2) is 0 Å². The Labute approximate surface area is 84.4 Å². The molecule has 4 heteroatoms. The van der Waals surface area contributed by atoms with Gasteiger partial charge in [-0.25, -0.2) is 0 Å². The van der Waals surface area contributed by atoms with Gasteiger partial charge in [0.25, 0.3) is 0 Å². The highest BCUT2D eigenvalue weighted by molar-refractivity contribution is 5.81. The van der Waals surface area contributed by atoms with E-state index in [4.69, 9.17) is 5.73 Å². The summed E-state index contributed by atoms with van der Waals surface area (Å²) in [5.41, 5.74) is 5.51. The van der Waals surface area contributed by atoms with E-state index in [9.17, 15) is 9.18 Å². The molecule has 0 unspecified atom stereocenters. The molecule has 0 aromatic carbocycles. The Morgan fingerprint density at radius 3 is 2.57 bits per heavy atom. The number of halogens is 1. The van der Waals surface area contributed by atoms with Crippen LogP contribution in [0.15, 0.2) is 0 Å². The summed E-state index contributed by atoms with van der Waals surface area (Å²) in [6.45, 7) is 2.94. The molecular formula is C10H19FN2O. The number of carbonyl (C=O) groups excluding carboxylic acids is 1. The number of hydrogen-bond acceptors (Lipinski definition) is 2. The molecule has 3 nitrogen and oxygen atoms in total. The highest BCUT2D eigenvalue weighted by atomic mass is 19.1. The average molecular weight is 202 g/mol. The molecule has 82 valence electrons. The maximum absolute atomic E-state index is 12.1. The Bertz CT molecular complexity index is 189. The number of nitrogens with zero attached hydrogens (tertiary/aromatic N) is 1. The SMILES string of the molecule is C[C@H](N)C(=O)N1CCC(CCF)CC1. The Morgan fingerprint density at radius 2 is 2.14 bits per heavy atom. The van der Waals surface area contributed by atoms with Crippen molar-refractivity contribution in [1.82, 2.24) is 4.90 Å². The maximum atomic E-state index is 12.1. The van der Waals surface area contributed by atoms with Gasteiger partial charge in [-0.15, -0.1) is 0 Å². The van der Waals surface area contributed by atoms with Crippen molar-refractivity contribution in [1.29, 1.82) is 0 Å². The average Bonchev–Trinajstić information content (AvgIpc) is 2.18. The van der Waals surface area contributed by atoms with Crippen molar-refractivity contribution < 1.29 is 9.18 Å². The highest BCUT2D eigenvalue weighted by Gasteiger charge is 2.23. The van der Waals surface area contributed by atoms with E-state index >= 15 is 0 Å². The van der Waals surface area contributed by atoms with Crippen molar-refractivity contribution in [2.75, 3.05) is 19.8 Å². The van der Waals surface area contributed by atoms with Crippen LogP contribution in [0.1, 0.15) is 26.2 Å². The van der Waals surface area contributed by atoms with Crippen molar-refractivity contribution in [3.05, 3.63) is 0 Å². The van der Waals surface area contributed by atoms with Gasteiger partial charge in [0, 0.05) is 13.1 Å². The molecule has 0 spiro atoms. The van der Waals surface area contributed by atoms with Gasteiger partial charge in [-0.2, -0.15) is 0 Å². The van der Waals surface area contributed by atoms with E-state index in [1.807, 2.05) is 0 Å². The van der Waals surface area contributed by atoms with Crippen molar-refractivity contribution in [3.8, 4) is 0 Å². The third-order valence-corrected chi connectivity index (χ3v) is 2.83. The third kappa shape index (κ3) is 2.94. The van der Waals surface area contributed by atoms with Gasteiger partial charge in [-0.3, -0.25) is 9.18 Å². The summed E-state index contributed by atoms with van der Waals surface area (Å²) < 4.78 is 12.1. The van der Waals surface area contributed by atoms with Crippen LogP contribution in [0.2, 0.25) is 0 Å². The number of piperidine rings is 1. The molecule has 1 heterocycles. The van der Waals surface area contributed by atoms with Crippen LogP contribution in [0.4, 0.5) is 4.39 Å². The Balaban J connectivity index is 2.32. The van der Waals surface area contributed by atoms with Crippen LogP contribution in [0.3, 0.4) is 0 Å². The smallest absolute Gasteiger partial charge is 0.239 e. The van der Waals surface area contributed by atoms with Crippen LogP contribution in [-0.2, 0) is 4.79 Å². The quantitative estimate of drug-likeness (QED) is 0.740. The summed E-state index contributed by atoms with van der Waals surface area (Å²) in [6, 6.07) is -0.410. The van der Waals surface area contributed by atoms with E-state index in [-0.39, 0.29) is 12.6 Å². The zero-order chi connectivity index (χ0) is 10.6. The number of carbonyl (C=O) groups is 1. The van der Waals surface area contributed by atoms with Crippen molar-refractivity contribution >= 4 is 5.91 Å². The Kier molecular flexibility index (Phi) is 4.32. The summed E-state index contributed by atoms with van der Waals surface area (Å²) in [5, 5.41) is 0. The zero-order valence-electron chi connectivity index (χ0n) is 8.71.